The summed E-state index contributed by atoms with van der Waals surface area (Å²) in [6.07, 6.45) is 3.50. The summed E-state index contributed by atoms with van der Waals surface area (Å²) in [5.41, 5.74) is 2.83. The molecular weight excluding hydrogens is 474 g/mol. The van der Waals surface area contributed by atoms with Crippen LogP contribution < -0.4 is 16.2 Å². The highest BCUT2D eigenvalue weighted by molar-refractivity contribution is 7.17. The largest absolute Gasteiger partial charge is 0.382 e. The van der Waals surface area contributed by atoms with Gasteiger partial charge in [-0.15, -0.1) is 16.4 Å². The number of rotatable bonds is 9. The molecule has 3 heterocycles. The van der Waals surface area contributed by atoms with Crippen LogP contribution in [0.1, 0.15) is 15.4 Å². The zero-order valence-corrected chi connectivity index (χ0v) is 20.3. The van der Waals surface area contributed by atoms with Crippen molar-refractivity contribution in [2.75, 3.05) is 32.5 Å². The van der Waals surface area contributed by atoms with Gasteiger partial charge in [-0.3, -0.25) is 14.2 Å². The minimum Gasteiger partial charge on any atom is -0.382 e. The van der Waals surface area contributed by atoms with E-state index in [0.717, 1.165) is 23.6 Å². The SMILES string of the molecule is CN(C)CCNc1cc(-n2ccccc2=O)ccc1-n1cc(CNC(=O)c2ccc(Cl)s2)nn1. The van der Waals surface area contributed by atoms with Gasteiger partial charge in [-0.05, 0) is 50.5 Å². The number of carbonyl (C=O) groups is 1. The van der Waals surface area contributed by atoms with Gasteiger partial charge in [-0.1, -0.05) is 22.9 Å². The molecule has 0 saturated carbocycles. The van der Waals surface area contributed by atoms with E-state index in [1.54, 1.807) is 39.8 Å². The molecule has 0 radical (unpaired) electrons. The molecule has 0 bridgehead atoms. The Balaban J connectivity index is 1.56. The van der Waals surface area contributed by atoms with Crippen molar-refractivity contribution in [3.63, 3.8) is 0 Å². The van der Waals surface area contributed by atoms with E-state index in [0.29, 0.717) is 21.5 Å². The molecule has 2 N–H and O–H groups in total. The molecule has 9 nitrogen and oxygen atoms in total. The molecule has 0 aliphatic carbocycles. The van der Waals surface area contributed by atoms with E-state index in [1.165, 1.54) is 17.4 Å². The molecule has 4 aromatic rings. The van der Waals surface area contributed by atoms with Gasteiger partial charge in [-0.2, -0.15) is 0 Å². The molecule has 0 fully saturated rings. The maximum absolute atomic E-state index is 12.3. The topological polar surface area (TPSA) is 97.1 Å². The predicted molar refractivity (Wildman–Crippen MR) is 134 cm³/mol. The molecule has 1 amide bonds. The number of anilines is 1. The minimum atomic E-state index is -0.213. The highest BCUT2D eigenvalue weighted by atomic mass is 35.5. The number of amides is 1. The fraction of sp³-hybridized carbons (Fsp3) is 0.217. The third kappa shape index (κ3) is 5.71. The first-order valence-corrected chi connectivity index (χ1v) is 11.8. The summed E-state index contributed by atoms with van der Waals surface area (Å²) >= 11 is 7.13. The Kier molecular flexibility index (Phi) is 7.41. The molecule has 34 heavy (non-hydrogen) atoms. The number of hydrogen-bond acceptors (Lipinski definition) is 7. The summed E-state index contributed by atoms with van der Waals surface area (Å²) < 4.78 is 3.80. The van der Waals surface area contributed by atoms with Gasteiger partial charge >= 0.3 is 0 Å². The molecule has 0 spiro atoms. The normalized spacial score (nSPS) is 11.1. The number of aromatic nitrogens is 4. The van der Waals surface area contributed by atoms with Crippen molar-refractivity contribution in [2.24, 2.45) is 0 Å². The van der Waals surface area contributed by atoms with Gasteiger partial charge in [0.2, 0.25) is 0 Å². The van der Waals surface area contributed by atoms with Crippen LogP contribution in [0.5, 0.6) is 0 Å². The van der Waals surface area contributed by atoms with Crippen LogP contribution in [-0.4, -0.2) is 57.6 Å². The van der Waals surface area contributed by atoms with E-state index in [2.05, 4.69) is 25.8 Å². The van der Waals surface area contributed by atoms with Crippen molar-refractivity contribution >= 4 is 34.5 Å². The number of pyridine rings is 1. The molecule has 11 heteroatoms. The molecule has 0 aliphatic heterocycles. The van der Waals surface area contributed by atoms with E-state index in [-0.39, 0.29) is 18.0 Å². The Morgan fingerprint density at radius 3 is 2.76 bits per heavy atom. The van der Waals surface area contributed by atoms with Gasteiger partial charge in [0.05, 0.1) is 39.0 Å². The third-order valence-electron chi connectivity index (χ3n) is 4.97. The Bertz CT molecular complexity index is 1340. The van der Waals surface area contributed by atoms with Crippen LogP contribution in [0.15, 0.2) is 65.7 Å². The molecular formula is C23H24ClN7O2S. The molecule has 1 aromatic carbocycles. The smallest absolute Gasteiger partial charge is 0.261 e. The molecule has 4 rings (SSSR count). The standard InChI is InChI=1S/C23H24ClN7O2S/c1-29(2)12-10-25-18-13-17(30-11-4-3-5-22(30)32)6-7-19(18)31-15-16(27-28-31)14-26-23(33)20-8-9-21(24)34-20/h3-9,11,13,15,25H,10,12,14H2,1-2H3,(H,26,33). The fourth-order valence-electron chi connectivity index (χ4n) is 3.26. The Morgan fingerprint density at radius 2 is 2.03 bits per heavy atom. The highest BCUT2D eigenvalue weighted by Crippen LogP contribution is 2.24. The molecule has 0 atom stereocenters. The molecule has 0 saturated heterocycles. The summed E-state index contributed by atoms with van der Waals surface area (Å²) in [7, 11) is 4.01. The van der Waals surface area contributed by atoms with Crippen LogP contribution in [0.2, 0.25) is 4.34 Å². The number of likely N-dealkylation sites (N-methyl/N-ethyl adjacent to an activating group) is 1. The summed E-state index contributed by atoms with van der Waals surface area (Å²) in [6, 6.07) is 14.1. The molecule has 0 unspecified atom stereocenters. The van der Waals surface area contributed by atoms with E-state index < -0.39 is 0 Å². The van der Waals surface area contributed by atoms with Gasteiger partial charge in [0.15, 0.2) is 0 Å². The van der Waals surface area contributed by atoms with E-state index >= 15 is 0 Å². The Morgan fingerprint density at radius 1 is 1.18 bits per heavy atom. The summed E-state index contributed by atoms with van der Waals surface area (Å²) in [4.78, 5) is 27.2. The zero-order valence-electron chi connectivity index (χ0n) is 18.7. The lowest BCUT2D eigenvalue weighted by Crippen LogP contribution is -2.22. The van der Waals surface area contributed by atoms with Gasteiger partial charge in [-0.25, -0.2) is 4.68 Å². The Hall–Kier alpha value is -3.47. The van der Waals surface area contributed by atoms with E-state index in [9.17, 15) is 9.59 Å². The second-order valence-corrected chi connectivity index (χ2v) is 9.50. The maximum atomic E-state index is 12.3. The lowest BCUT2D eigenvalue weighted by atomic mass is 10.2. The van der Waals surface area contributed by atoms with Crippen LogP contribution in [0, 0.1) is 0 Å². The summed E-state index contributed by atoms with van der Waals surface area (Å²) in [6.45, 7) is 1.76. The fourth-order valence-corrected chi connectivity index (χ4v) is 4.22. The van der Waals surface area contributed by atoms with Crippen LogP contribution in [0.4, 0.5) is 5.69 Å². The number of carbonyl (C=O) groups excluding carboxylic acids is 1. The monoisotopic (exact) mass is 497 g/mol. The molecule has 0 aliphatic rings. The first kappa shape index (κ1) is 23.7. The van der Waals surface area contributed by atoms with Crippen molar-refractivity contribution in [1.82, 2.24) is 29.8 Å². The van der Waals surface area contributed by atoms with Crippen molar-refractivity contribution in [3.05, 3.63) is 86.2 Å². The van der Waals surface area contributed by atoms with Gasteiger partial charge < -0.3 is 15.5 Å². The first-order valence-electron chi connectivity index (χ1n) is 10.6. The lowest BCUT2D eigenvalue weighted by molar-refractivity contribution is 0.0954. The molecule has 176 valence electrons. The van der Waals surface area contributed by atoms with Crippen molar-refractivity contribution in [3.8, 4) is 11.4 Å². The average Bonchev–Trinajstić information content (AvgIpc) is 3.47. The van der Waals surface area contributed by atoms with Crippen molar-refractivity contribution in [2.45, 2.75) is 6.54 Å². The van der Waals surface area contributed by atoms with Crippen LogP contribution >= 0.6 is 22.9 Å². The van der Waals surface area contributed by atoms with Crippen LogP contribution in [0.3, 0.4) is 0 Å². The number of nitrogens with one attached hydrogen (secondary N) is 2. The number of thiophene rings is 1. The second kappa shape index (κ2) is 10.6. The zero-order chi connectivity index (χ0) is 24.1. The summed E-state index contributed by atoms with van der Waals surface area (Å²) in [5.74, 6) is -0.213. The summed E-state index contributed by atoms with van der Waals surface area (Å²) in [5, 5.41) is 14.7. The second-order valence-electron chi connectivity index (χ2n) is 7.78. The number of benzene rings is 1. The minimum absolute atomic E-state index is 0.111. The number of halogens is 1. The number of hydrogen-bond donors (Lipinski definition) is 2. The van der Waals surface area contributed by atoms with Crippen LogP contribution in [0.25, 0.3) is 11.4 Å². The average molecular weight is 498 g/mol. The van der Waals surface area contributed by atoms with Crippen LogP contribution in [-0.2, 0) is 6.54 Å². The Labute approximate surface area is 205 Å². The first-order chi connectivity index (χ1) is 16.4. The third-order valence-corrected chi connectivity index (χ3v) is 6.20. The maximum Gasteiger partial charge on any atom is 0.261 e. The number of nitrogens with zero attached hydrogens (tertiary/aromatic N) is 5. The van der Waals surface area contributed by atoms with E-state index in [4.69, 9.17) is 11.6 Å². The van der Waals surface area contributed by atoms with Crippen molar-refractivity contribution < 1.29 is 4.79 Å². The lowest BCUT2D eigenvalue weighted by Gasteiger charge is -2.16. The highest BCUT2D eigenvalue weighted by Gasteiger charge is 2.13. The van der Waals surface area contributed by atoms with Gasteiger partial charge in [0.1, 0.15) is 5.69 Å². The van der Waals surface area contributed by atoms with Gasteiger partial charge in [0, 0.05) is 25.4 Å². The van der Waals surface area contributed by atoms with E-state index in [1.807, 2.05) is 38.4 Å². The molecule has 3 aromatic heterocycles. The van der Waals surface area contributed by atoms with Gasteiger partial charge in [0.25, 0.3) is 11.5 Å². The predicted octanol–water partition coefficient (Wildman–Crippen LogP) is 3.04. The quantitative estimate of drug-likeness (QED) is 0.369. The van der Waals surface area contributed by atoms with Crippen molar-refractivity contribution in [1.29, 1.82) is 0 Å².